The Hall–Kier alpha value is -2.43. The van der Waals surface area contributed by atoms with E-state index in [9.17, 15) is 0 Å². The first-order valence-electron chi connectivity index (χ1n) is 6.42. The number of pyridine rings is 1. The molecule has 3 aromatic heterocycles. The molecule has 1 aliphatic rings. The van der Waals surface area contributed by atoms with E-state index in [1.807, 2.05) is 35.0 Å². The van der Waals surface area contributed by atoms with Gasteiger partial charge in [-0.05, 0) is 37.1 Å². The van der Waals surface area contributed by atoms with Crippen LogP contribution in [-0.4, -0.2) is 25.6 Å². The quantitative estimate of drug-likeness (QED) is 0.776. The second-order valence-electron chi connectivity index (χ2n) is 4.79. The molecule has 4 rings (SSSR count). The van der Waals surface area contributed by atoms with Crippen molar-refractivity contribution in [3.8, 4) is 11.3 Å². The maximum absolute atomic E-state index is 4.61. The van der Waals surface area contributed by atoms with Crippen molar-refractivity contribution in [3.63, 3.8) is 0 Å². The van der Waals surface area contributed by atoms with E-state index < -0.39 is 0 Å². The number of nitrogens with one attached hydrogen (secondary N) is 1. The summed E-state index contributed by atoms with van der Waals surface area (Å²) in [4.78, 5) is 8.42. The van der Waals surface area contributed by atoms with Gasteiger partial charge in [0.05, 0.1) is 11.9 Å². The SMILES string of the molecule is c1cc(-c2cnc3ccc(NC4CC4)nn23)ccn1. The van der Waals surface area contributed by atoms with Crippen LogP contribution in [0.4, 0.5) is 5.82 Å². The van der Waals surface area contributed by atoms with Crippen molar-refractivity contribution in [2.75, 3.05) is 5.32 Å². The molecule has 5 nitrogen and oxygen atoms in total. The zero-order valence-corrected chi connectivity index (χ0v) is 10.3. The maximum Gasteiger partial charge on any atom is 0.154 e. The van der Waals surface area contributed by atoms with Gasteiger partial charge in [0.2, 0.25) is 0 Å². The summed E-state index contributed by atoms with van der Waals surface area (Å²) in [5.74, 6) is 0.906. The lowest BCUT2D eigenvalue weighted by Gasteiger charge is -2.05. The second kappa shape index (κ2) is 4.05. The van der Waals surface area contributed by atoms with Gasteiger partial charge >= 0.3 is 0 Å². The Bertz CT molecular complexity index is 715. The molecule has 0 aliphatic heterocycles. The standard InChI is InChI=1S/C14H13N5/c1-2-11(1)17-13-3-4-14-16-9-12(19(14)18-13)10-5-7-15-8-6-10/h3-9,11H,1-2H2,(H,17,18). The van der Waals surface area contributed by atoms with E-state index in [4.69, 9.17) is 0 Å². The van der Waals surface area contributed by atoms with E-state index in [2.05, 4.69) is 20.4 Å². The fourth-order valence-corrected chi connectivity index (χ4v) is 2.11. The monoisotopic (exact) mass is 251 g/mol. The molecule has 0 radical (unpaired) electrons. The zero-order chi connectivity index (χ0) is 12.7. The van der Waals surface area contributed by atoms with Crippen LogP contribution >= 0.6 is 0 Å². The number of anilines is 1. The van der Waals surface area contributed by atoms with Crippen molar-refractivity contribution in [1.29, 1.82) is 0 Å². The molecule has 1 saturated carbocycles. The van der Waals surface area contributed by atoms with E-state index >= 15 is 0 Å². The molecule has 19 heavy (non-hydrogen) atoms. The van der Waals surface area contributed by atoms with Crippen LogP contribution in [0.15, 0.2) is 42.9 Å². The molecule has 0 unspecified atom stereocenters. The molecule has 0 atom stereocenters. The van der Waals surface area contributed by atoms with Crippen LogP contribution in [0.5, 0.6) is 0 Å². The van der Waals surface area contributed by atoms with Crippen molar-refractivity contribution in [3.05, 3.63) is 42.9 Å². The van der Waals surface area contributed by atoms with Gasteiger partial charge in [0.25, 0.3) is 0 Å². The summed E-state index contributed by atoms with van der Waals surface area (Å²) in [6.45, 7) is 0. The smallest absolute Gasteiger partial charge is 0.154 e. The van der Waals surface area contributed by atoms with Crippen LogP contribution in [0.2, 0.25) is 0 Å². The van der Waals surface area contributed by atoms with Gasteiger partial charge in [0.1, 0.15) is 5.82 Å². The number of hydrogen-bond donors (Lipinski definition) is 1. The predicted molar refractivity (Wildman–Crippen MR) is 72.9 cm³/mol. The van der Waals surface area contributed by atoms with E-state index in [1.54, 1.807) is 12.4 Å². The molecule has 0 amide bonds. The highest BCUT2D eigenvalue weighted by atomic mass is 15.3. The summed E-state index contributed by atoms with van der Waals surface area (Å²) in [5.41, 5.74) is 2.91. The molecular weight excluding hydrogens is 238 g/mol. The molecule has 3 heterocycles. The van der Waals surface area contributed by atoms with Crippen LogP contribution in [0.25, 0.3) is 16.9 Å². The number of imidazole rings is 1. The topological polar surface area (TPSA) is 55.1 Å². The summed E-state index contributed by atoms with van der Waals surface area (Å²) in [5, 5.41) is 8.02. The first kappa shape index (κ1) is 10.5. The first-order chi connectivity index (χ1) is 9.40. The van der Waals surface area contributed by atoms with Gasteiger partial charge in [-0.1, -0.05) is 0 Å². The molecule has 94 valence electrons. The Morgan fingerprint density at radius 1 is 1.11 bits per heavy atom. The molecule has 1 aliphatic carbocycles. The van der Waals surface area contributed by atoms with Crippen molar-refractivity contribution in [2.24, 2.45) is 0 Å². The number of nitrogens with zero attached hydrogens (tertiary/aromatic N) is 4. The van der Waals surface area contributed by atoms with Crippen molar-refractivity contribution >= 4 is 11.5 Å². The van der Waals surface area contributed by atoms with Gasteiger partial charge in [-0.15, -0.1) is 5.10 Å². The number of fused-ring (bicyclic) bond motifs is 1. The average Bonchev–Trinajstić information content (AvgIpc) is 3.17. The van der Waals surface area contributed by atoms with Gasteiger partial charge in [0.15, 0.2) is 5.65 Å². The average molecular weight is 251 g/mol. The van der Waals surface area contributed by atoms with Crippen LogP contribution in [0.3, 0.4) is 0 Å². The predicted octanol–water partition coefficient (Wildman–Crippen LogP) is 2.37. The highest BCUT2D eigenvalue weighted by molar-refractivity contribution is 5.63. The highest BCUT2D eigenvalue weighted by Crippen LogP contribution is 2.25. The summed E-state index contributed by atoms with van der Waals surface area (Å²) in [6, 6.07) is 8.50. The molecule has 1 fully saturated rings. The van der Waals surface area contributed by atoms with E-state index in [0.717, 1.165) is 22.7 Å². The van der Waals surface area contributed by atoms with Crippen molar-refractivity contribution < 1.29 is 0 Å². The van der Waals surface area contributed by atoms with Gasteiger partial charge in [-0.3, -0.25) is 4.98 Å². The largest absolute Gasteiger partial charge is 0.366 e. The lowest BCUT2D eigenvalue weighted by atomic mass is 10.2. The summed E-state index contributed by atoms with van der Waals surface area (Å²) >= 11 is 0. The van der Waals surface area contributed by atoms with Gasteiger partial charge in [-0.25, -0.2) is 9.50 Å². The first-order valence-corrected chi connectivity index (χ1v) is 6.42. The van der Waals surface area contributed by atoms with Crippen LogP contribution in [0.1, 0.15) is 12.8 Å². The van der Waals surface area contributed by atoms with Crippen LogP contribution in [-0.2, 0) is 0 Å². The third-order valence-electron chi connectivity index (χ3n) is 3.27. The van der Waals surface area contributed by atoms with Crippen LogP contribution in [0, 0.1) is 0 Å². The molecule has 3 aromatic rings. The number of rotatable bonds is 3. The molecule has 1 N–H and O–H groups in total. The molecule has 0 saturated heterocycles. The summed E-state index contributed by atoms with van der Waals surface area (Å²) in [7, 11) is 0. The number of hydrogen-bond acceptors (Lipinski definition) is 4. The third kappa shape index (κ3) is 1.93. The Kier molecular flexibility index (Phi) is 2.24. The highest BCUT2D eigenvalue weighted by Gasteiger charge is 2.21. The molecule has 0 bridgehead atoms. The molecule has 5 heteroatoms. The lowest BCUT2D eigenvalue weighted by Crippen LogP contribution is -2.05. The van der Waals surface area contributed by atoms with E-state index in [1.165, 1.54) is 12.8 Å². The Morgan fingerprint density at radius 3 is 2.74 bits per heavy atom. The van der Waals surface area contributed by atoms with Gasteiger partial charge in [0, 0.05) is 24.0 Å². The zero-order valence-electron chi connectivity index (χ0n) is 10.3. The minimum atomic E-state index is 0.595. The van der Waals surface area contributed by atoms with Gasteiger partial charge < -0.3 is 5.32 Å². The minimum absolute atomic E-state index is 0.595. The van der Waals surface area contributed by atoms with Crippen molar-refractivity contribution in [2.45, 2.75) is 18.9 Å². The molecule has 0 aromatic carbocycles. The molecule has 0 spiro atoms. The normalized spacial score (nSPS) is 14.7. The van der Waals surface area contributed by atoms with Crippen LogP contribution < -0.4 is 5.32 Å². The fraction of sp³-hybridized carbons (Fsp3) is 0.214. The lowest BCUT2D eigenvalue weighted by molar-refractivity contribution is 0.930. The van der Waals surface area contributed by atoms with Crippen molar-refractivity contribution in [1.82, 2.24) is 19.6 Å². The third-order valence-corrected chi connectivity index (χ3v) is 3.27. The van der Waals surface area contributed by atoms with E-state index in [0.29, 0.717) is 6.04 Å². The summed E-state index contributed by atoms with van der Waals surface area (Å²) < 4.78 is 1.88. The van der Waals surface area contributed by atoms with Gasteiger partial charge in [-0.2, -0.15) is 0 Å². The minimum Gasteiger partial charge on any atom is -0.366 e. The Balaban J connectivity index is 1.82. The Labute approximate surface area is 110 Å². The van der Waals surface area contributed by atoms with E-state index in [-0.39, 0.29) is 0 Å². The summed E-state index contributed by atoms with van der Waals surface area (Å²) in [6.07, 6.45) is 7.88. The number of aromatic nitrogens is 4. The molecular formula is C14H13N5. The maximum atomic E-state index is 4.61. The Morgan fingerprint density at radius 2 is 1.95 bits per heavy atom. The second-order valence-corrected chi connectivity index (χ2v) is 4.79. The fourth-order valence-electron chi connectivity index (χ4n) is 2.11.